The zero-order chi connectivity index (χ0) is 21.6. The van der Waals surface area contributed by atoms with E-state index in [4.69, 9.17) is 0 Å². The van der Waals surface area contributed by atoms with Crippen LogP contribution in [0.2, 0.25) is 0 Å². The molecule has 156 valence electrons. The van der Waals surface area contributed by atoms with Gasteiger partial charge in [-0.2, -0.15) is 0 Å². The molecule has 0 bridgehead atoms. The van der Waals surface area contributed by atoms with Gasteiger partial charge in [-0.25, -0.2) is 17.5 Å². The third-order valence-electron chi connectivity index (χ3n) is 5.60. The van der Waals surface area contributed by atoms with Gasteiger partial charge < -0.3 is 0 Å². The van der Waals surface area contributed by atoms with Crippen LogP contribution in [0.4, 0.5) is 4.39 Å². The maximum Gasteiger partial charge on any atom is 0.241 e. The quantitative estimate of drug-likeness (QED) is 0.397. The summed E-state index contributed by atoms with van der Waals surface area (Å²) in [5, 5.41) is 1.99. The highest BCUT2D eigenvalue weighted by Gasteiger charge is 2.37. The molecule has 0 heterocycles. The Kier molecular flexibility index (Phi) is 5.08. The van der Waals surface area contributed by atoms with Gasteiger partial charge in [-0.15, -0.1) is 11.8 Å². The lowest BCUT2D eigenvalue weighted by Gasteiger charge is -2.23. The van der Waals surface area contributed by atoms with E-state index in [1.165, 1.54) is 12.1 Å². The second kappa shape index (κ2) is 7.79. The summed E-state index contributed by atoms with van der Waals surface area (Å²) in [7, 11) is -3.73. The first-order valence-electron chi connectivity index (χ1n) is 9.95. The minimum Gasteiger partial charge on any atom is -0.207 e. The predicted octanol–water partition coefficient (Wildman–Crippen LogP) is 6.15. The Morgan fingerprint density at radius 1 is 0.839 bits per heavy atom. The molecule has 0 saturated heterocycles. The van der Waals surface area contributed by atoms with Gasteiger partial charge in [-0.05, 0) is 65.2 Å². The van der Waals surface area contributed by atoms with E-state index in [1.54, 1.807) is 48.2 Å². The van der Waals surface area contributed by atoms with E-state index >= 15 is 0 Å². The highest BCUT2D eigenvalue weighted by Crippen LogP contribution is 2.53. The molecule has 1 N–H and O–H groups in total. The number of benzene rings is 4. The summed E-state index contributed by atoms with van der Waals surface area (Å²) >= 11 is 1.54. The van der Waals surface area contributed by atoms with Gasteiger partial charge in [0.2, 0.25) is 10.0 Å². The Labute approximate surface area is 185 Å². The van der Waals surface area contributed by atoms with E-state index in [0.29, 0.717) is 0 Å². The minimum atomic E-state index is -3.73. The molecular formula is C25H20FNO2S2. The van der Waals surface area contributed by atoms with Crippen LogP contribution in [0, 0.1) is 12.7 Å². The van der Waals surface area contributed by atoms with Crippen molar-refractivity contribution in [3.8, 4) is 0 Å². The zero-order valence-electron chi connectivity index (χ0n) is 16.7. The molecule has 0 unspecified atom stereocenters. The normalized spacial score (nSPS) is 17.9. The van der Waals surface area contributed by atoms with Crippen molar-refractivity contribution in [1.82, 2.24) is 4.72 Å². The highest BCUT2D eigenvalue weighted by atomic mass is 32.2. The maximum atomic E-state index is 13.4. The molecule has 0 spiro atoms. The monoisotopic (exact) mass is 449 g/mol. The standard InChI is InChI=1S/C25H20FNO2S2/c1-16-8-14-20(15-9-16)31(28,29)27-24-21-6-2-4-17-5-3-7-22(23(17)21)25(24)30-19-12-10-18(26)11-13-19/h2-15,24-25,27H,1H3/t24-,25-/m0/s1. The van der Waals surface area contributed by atoms with E-state index in [0.717, 1.165) is 32.4 Å². The molecule has 31 heavy (non-hydrogen) atoms. The topological polar surface area (TPSA) is 46.2 Å². The molecule has 3 nitrogen and oxygen atoms in total. The maximum absolute atomic E-state index is 13.4. The third kappa shape index (κ3) is 3.76. The van der Waals surface area contributed by atoms with E-state index in [9.17, 15) is 12.8 Å². The van der Waals surface area contributed by atoms with Crippen molar-refractivity contribution in [2.24, 2.45) is 0 Å². The van der Waals surface area contributed by atoms with Crippen LogP contribution < -0.4 is 4.72 Å². The number of rotatable bonds is 5. The van der Waals surface area contributed by atoms with Gasteiger partial charge in [0.25, 0.3) is 0 Å². The molecule has 1 aliphatic carbocycles. The first-order valence-corrected chi connectivity index (χ1v) is 12.3. The van der Waals surface area contributed by atoms with Crippen molar-refractivity contribution in [3.63, 3.8) is 0 Å². The Morgan fingerprint density at radius 3 is 2.16 bits per heavy atom. The lowest BCUT2D eigenvalue weighted by atomic mass is 10.1. The van der Waals surface area contributed by atoms with Crippen molar-refractivity contribution in [2.75, 3.05) is 0 Å². The number of thioether (sulfide) groups is 1. The molecule has 2 atom stereocenters. The fraction of sp³-hybridized carbons (Fsp3) is 0.120. The number of aryl methyl sites for hydroxylation is 1. The second-order valence-corrected chi connectivity index (χ2v) is 10.6. The largest absolute Gasteiger partial charge is 0.241 e. The van der Waals surface area contributed by atoms with Crippen LogP contribution in [0.15, 0.2) is 94.7 Å². The van der Waals surface area contributed by atoms with Crippen molar-refractivity contribution in [1.29, 1.82) is 0 Å². The molecule has 1 aliphatic rings. The van der Waals surface area contributed by atoms with Crippen LogP contribution in [0.5, 0.6) is 0 Å². The van der Waals surface area contributed by atoms with Crippen LogP contribution in [-0.2, 0) is 10.0 Å². The predicted molar refractivity (Wildman–Crippen MR) is 123 cm³/mol. The van der Waals surface area contributed by atoms with Crippen molar-refractivity contribution in [2.45, 2.75) is 28.0 Å². The number of halogens is 1. The molecule has 0 amide bonds. The van der Waals surface area contributed by atoms with Gasteiger partial charge in [0.15, 0.2) is 0 Å². The minimum absolute atomic E-state index is 0.174. The number of hydrogen-bond acceptors (Lipinski definition) is 3. The summed E-state index contributed by atoms with van der Waals surface area (Å²) in [6.07, 6.45) is 0. The summed E-state index contributed by atoms with van der Waals surface area (Å²) in [6.45, 7) is 1.92. The average molecular weight is 450 g/mol. The van der Waals surface area contributed by atoms with Gasteiger partial charge in [0.1, 0.15) is 5.82 Å². The summed E-state index contributed by atoms with van der Waals surface area (Å²) in [5.41, 5.74) is 3.05. The molecule has 5 rings (SSSR count). The Balaban J connectivity index is 1.58. The Bertz CT molecular complexity index is 1360. The molecule has 0 radical (unpaired) electrons. The Morgan fingerprint density at radius 2 is 1.48 bits per heavy atom. The molecular weight excluding hydrogens is 429 g/mol. The lowest BCUT2D eigenvalue weighted by Crippen LogP contribution is -2.30. The zero-order valence-corrected chi connectivity index (χ0v) is 18.4. The SMILES string of the molecule is Cc1ccc(S(=O)(=O)N[C@H]2c3cccc4cccc(c34)[C@@H]2Sc2ccc(F)cc2)cc1. The molecule has 6 heteroatoms. The molecule has 0 aromatic heterocycles. The first kappa shape index (κ1) is 20.2. The fourth-order valence-corrected chi connectivity index (χ4v) is 6.68. The van der Waals surface area contributed by atoms with E-state index < -0.39 is 16.1 Å². The highest BCUT2D eigenvalue weighted by molar-refractivity contribution is 7.99. The van der Waals surface area contributed by atoms with Gasteiger partial charge in [0, 0.05) is 4.90 Å². The summed E-state index contributed by atoms with van der Waals surface area (Å²) in [4.78, 5) is 1.13. The van der Waals surface area contributed by atoms with Gasteiger partial charge in [-0.1, -0.05) is 54.1 Å². The third-order valence-corrected chi connectivity index (χ3v) is 8.38. The van der Waals surface area contributed by atoms with Crippen LogP contribution >= 0.6 is 11.8 Å². The summed E-state index contributed by atoms with van der Waals surface area (Å²) < 4.78 is 42.9. The number of nitrogens with one attached hydrogen (secondary N) is 1. The second-order valence-electron chi connectivity index (χ2n) is 7.70. The van der Waals surface area contributed by atoms with Crippen molar-refractivity contribution < 1.29 is 12.8 Å². The van der Waals surface area contributed by atoms with Crippen LogP contribution in [0.1, 0.15) is 28.0 Å². The van der Waals surface area contributed by atoms with E-state index in [1.807, 2.05) is 43.3 Å². The van der Waals surface area contributed by atoms with E-state index in [2.05, 4.69) is 4.72 Å². The molecule has 0 saturated carbocycles. The van der Waals surface area contributed by atoms with Crippen LogP contribution in [-0.4, -0.2) is 8.42 Å². The van der Waals surface area contributed by atoms with Gasteiger partial charge >= 0.3 is 0 Å². The fourth-order valence-electron chi connectivity index (χ4n) is 4.11. The first-order chi connectivity index (χ1) is 14.9. The Hall–Kier alpha value is -2.67. The molecule has 0 aliphatic heterocycles. The van der Waals surface area contributed by atoms with Gasteiger partial charge in [0.05, 0.1) is 16.2 Å². The summed E-state index contributed by atoms with van der Waals surface area (Å²) in [5.74, 6) is -0.294. The van der Waals surface area contributed by atoms with Crippen molar-refractivity contribution in [3.05, 3.63) is 107 Å². The van der Waals surface area contributed by atoms with E-state index in [-0.39, 0.29) is 16.0 Å². The lowest BCUT2D eigenvalue weighted by molar-refractivity contribution is 0.557. The number of sulfonamides is 1. The molecule has 4 aromatic rings. The average Bonchev–Trinajstić information content (AvgIpc) is 3.04. The van der Waals surface area contributed by atoms with Crippen LogP contribution in [0.25, 0.3) is 10.8 Å². The molecule has 0 fully saturated rings. The van der Waals surface area contributed by atoms with Crippen molar-refractivity contribution >= 4 is 32.6 Å². The van der Waals surface area contributed by atoms with Gasteiger partial charge in [-0.3, -0.25) is 0 Å². The van der Waals surface area contributed by atoms with Crippen LogP contribution in [0.3, 0.4) is 0 Å². The molecule has 4 aromatic carbocycles. The summed E-state index contributed by atoms with van der Waals surface area (Å²) in [6, 6.07) is 24.8. The smallest absolute Gasteiger partial charge is 0.207 e. The number of hydrogen-bond donors (Lipinski definition) is 1.